The molecule has 1 saturated heterocycles. The first kappa shape index (κ1) is 18.6. The van der Waals surface area contributed by atoms with Gasteiger partial charge in [0.2, 0.25) is 0 Å². The fraction of sp³-hybridized carbons (Fsp3) is 0.458. The molecule has 0 aromatic heterocycles. The number of ketones is 1. The van der Waals surface area contributed by atoms with Gasteiger partial charge in [0.15, 0.2) is 0 Å². The zero-order valence-electron chi connectivity index (χ0n) is 16.4. The third-order valence-electron chi connectivity index (χ3n) is 6.65. The molecule has 2 nitrogen and oxygen atoms in total. The highest BCUT2D eigenvalue weighted by Gasteiger charge is 2.51. The molecule has 2 bridgehead atoms. The number of hydrogen-bond donors (Lipinski definition) is 0. The van der Waals surface area contributed by atoms with E-state index in [1.165, 1.54) is 23.2 Å². The molecule has 2 aromatic rings. The summed E-state index contributed by atoms with van der Waals surface area (Å²) < 4.78 is 5.94. The predicted octanol–water partition coefficient (Wildman–Crippen LogP) is 4.97. The molecule has 3 heteroatoms. The van der Waals surface area contributed by atoms with Crippen molar-refractivity contribution in [2.24, 2.45) is 0 Å². The van der Waals surface area contributed by atoms with Crippen LogP contribution in [0.25, 0.3) is 0 Å². The van der Waals surface area contributed by atoms with Gasteiger partial charge in [-0.3, -0.25) is 4.79 Å². The highest BCUT2D eigenvalue weighted by atomic mass is 28.3. The summed E-state index contributed by atoms with van der Waals surface area (Å²) in [7, 11) is -1.46. The summed E-state index contributed by atoms with van der Waals surface area (Å²) in [4.78, 5) is 12.6. The topological polar surface area (TPSA) is 26.3 Å². The van der Waals surface area contributed by atoms with Crippen LogP contribution >= 0.6 is 0 Å². The Bertz CT molecular complexity index is 803. The second-order valence-corrected chi connectivity index (χ2v) is 13.3. The molecule has 4 rings (SSSR count). The molecule has 27 heavy (non-hydrogen) atoms. The number of ether oxygens (including phenoxy) is 1. The number of Topliss-reactive ketones (excluding diaryl/α,β-unsaturated/α-hetero) is 1. The summed E-state index contributed by atoms with van der Waals surface area (Å²) in [6.07, 6.45) is 4.71. The van der Waals surface area contributed by atoms with Gasteiger partial charge in [-0.2, -0.15) is 0 Å². The van der Waals surface area contributed by atoms with Crippen molar-refractivity contribution in [3.05, 3.63) is 65.7 Å². The quantitative estimate of drug-likeness (QED) is 0.524. The predicted molar refractivity (Wildman–Crippen MR) is 113 cm³/mol. The van der Waals surface area contributed by atoms with E-state index in [1.54, 1.807) is 5.19 Å². The number of carbonyl (C=O) groups excluding carboxylic acids is 1. The molecule has 2 heterocycles. The molecule has 0 saturated carbocycles. The highest BCUT2D eigenvalue weighted by Crippen LogP contribution is 2.49. The Kier molecular flexibility index (Phi) is 5.33. The Labute approximate surface area is 164 Å². The van der Waals surface area contributed by atoms with Gasteiger partial charge in [0.1, 0.15) is 5.78 Å². The number of benzene rings is 2. The third-order valence-corrected chi connectivity index (χ3v) is 11.3. The molecule has 1 fully saturated rings. The van der Waals surface area contributed by atoms with E-state index < -0.39 is 8.07 Å². The normalized spacial score (nSPS) is 27.1. The summed E-state index contributed by atoms with van der Waals surface area (Å²) in [5.74, 6) is 0.466. The van der Waals surface area contributed by atoms with Gasteiger partial charge in [-0.25, -0.2) is 0 Å². The molecule has 0 spiro atoms. The van der Waals surface area contributed by atoms with Crippen LogP contribution in [0.2, 0.25) is 18.6 Å². The van der Waals surface area contributed by atoms with Crippen LogP contribution in [-0.4, -0.2) is 20.5 Å². The maximum Gasteiger partial charge on any atom is 0.133 e. The Morgan fingerprint density at radius 3 is 2.70 bits per heavy atom. The van der Waals surface area contributed by atoms with Crippen LogP contribution in [0.5, 0.6) is 0 Å². The molecule has 142 valence electrons. The van der Waals surface area contributed by atoms with Crippen molar-refractivity contribution in [3.8, 4) is 0 Å². The van der Waals surface area contributed by atoms with Gasteiger partial charge in [-0.15, -0.1) is 0 Å². The van der Waals surface area contributed by atoms with Gasteiger partial charge in [0.25, 0.3) is 0 Å². The SMILES string of the molecule is C[Si@]12CCCC(=O)C[C@](CCCOCc3ccccc3)(C1)c1ccccc12. The first-order chi connectivity index (χ1) is 13.1. The minimum Gasteiger partial charge on any atom is -0.377 e. The molecule has 0 unspecified atom stereocenters. The molecule has 0 N–H and O–H groups in total. The number of fused-ring (bicyclic) bond motifs is 5. The Morgan fingerprint density at radius 2 is 1.85 bits per heavy atom. The van der Waals surface area contributed by atoms with E-state index in [0.717, 1.165) is 38.7 Å². The fourth-order valence-electron chi connectivity index (χ4n) is 5.52. The van der Waals surface area contributed by atoms with Gasteiger partial charge in [-0.05, 0) is 36.4 Å². The second-order valence-electron chi connectivity index (χ2n) is 8.77. The molecule has 2 atom stereocenters. The maximum absolute atomic E-state index is 12.6. The zero-order valence-corrected chi connectivity index (χ0v) is 17.4. The first-order valence-electron chi connectivity index (χ1n) is 10.3. The lowest BCUT2D eigenvalue weighted by molar-refractivity contribution is -0.120. The lowest BCUT2D eigenvalue weighted by atomic mass is 9.74. The molecule has 0 aliphatic carbocycles. The minimum absolute atomic E-state index is 0.0746. The van der Waals surface area contributed by atoms with Crippen molar-refractivity contribution in [3.63, 3.8) is 0 Å². The standard InChI is InChI=1S/C24H30O2Si/c1-27-16-7-11-21(25)17-24(19-27,22-12-5-6-13-23(22)27)14-8-15-26-18-20-9-3-2-4-10-20/h2-6,9-10,12-13H,7-8,11,14-19H2,1H3/t24-,27+/m1/s1. The lowest BCUT2D eigenvalue weighted by Gasteiger charge is -2.34. The number of rotatable bonds is 6. The van der Waals surface area contributed by atoms with Crippen molar-refractivity contribution in [2.45, 2.75) is 62.8 Å². The third kappa shape index (κ3) is 3.81. The summed E-state index contributed by atoms with van der Waals surface area (Å²) >= 11 is 0. The molecular formula is C24H30O2Si. The molecule has 0 amide bonds. The van der Waals surface area contributed by atoms with Crippen molar-refractivity contribution in [2.75, 3.05) is 6.61 Å². The number of hydrogen-bond acceptors (Lipinski definition) is 2. The van der Waals surface area contributed by atoms with Gasteiger partial charge < -0.3 is 4.74 Å². The molecule has 2 aromatic carbocycles. The van der Waals surface area contributed by atoms with E-state index in [2.05, 4.69) is 55.1 Å². The van der Waals surface area contributed by atoms with E-state index >= 15 is 0 Å². The smallest absolute Gasteiger partial charge is 0.133 e. The summed E-state index contributed by atoms with van der Waals surface area (Å²) in [5.41, 5.74) is 2.80. The molecule has 2 aliphatic rings. The van der Waals surface area contributed by atoms with Crippen LogP contribution in [0.4, 0.5) is 0 Å². The van der Waals surface area contributed by atoms with Crippen LogP contribution < -0.4 is 5.19 Å². The minimum atomic E-state index is -1.46. The summed E-state index contributed by atoms with van der Waals surface area (Å²) in [6.45, 7) is 4.00. The van der Waals surface area contributed by atoms with Crippen LogP contribution in [-0.2, 0) is 21.6 Å². The van der Waals surface area contributed by atoms with E-state index in [-0.39, 0.29) is 5.41 Å². The highest BCUT2D eigenvalue weighted by molar-refractivity contribution is 6.92. The summed E-state index contributed by atoms with van der Waals surface area (Å²) in [6, 6.07) is 21.9. The van der Waals surface area contributed by atoms with Gasteiger partial charge in [0, 0.05) is 24.9 Å². The first-order valence-corrected chi connectivity index (χ1v) is 13.3. The van der Waals surface area contributed by atoms with E-state index in [1.807, 2.05) is 6.07 Å². The van der Waals surface area contributed by atoms with Crippen molar-refractivity contribution in [1.29, 1.82) is 0 Å². The van der Waals surface area contributed by atoms with Crippen LogP contribution in [0, 0.1) is 0 Å². The fourth-order valence-corrected chi connectivity index (χ4v) is 10.6. The van der Waals surface area contributed by atoms with E-state index in [4.69, 9.17) is 4.74 Å². The van der Waals surface area contributed by atoms with Crippen LogP contribution in [0.15, 0.2) is 54.6 Å². The number of carbonyl (C=O) groups is 1. The monoisotopic (exact) mass is 378 g/mol. The van der Waals surface area contributed by atoms with Crippen molar-refractivity contribution in [1.82, 2.24) is 0 Å². The Balaban J connectivity index is 1.46. The largest absolute Gasteiger partial charge is 0.377 e. The van der Waals surface area contributed by atoms with E-state index in [9.17, 15) is 4.79 Å². The van der Waals surface area contributed by atoms with E-state index in [0.29, 0.717) is 12.4 Å². The van der Waals surface area contributed by atoms with Gasteiger partial charge in [-0.1, -0.05) is 72.4 Å². The molecular weight excluding hydrogens is 348 g/mol. The van der Waals surface area contributed by atoms with Crippen molar-refractivity contribution < 1.29 is 9.53 Å². The van der Waals surface area contributed by atoms with Crippen LogP contribution in [0.3, 0.4) is 0 Å². The Morgan fingerprint density at radius 1 is 1.07 bits per heavy atom. The molecule has 0 radical (unpaired) electrons. The maximum atomic E-state index is 12.6. The van der Waals surface area contributed by atoms with Crippen molar-refractivity contribution >= 4 is 19.0 Å². The Hall–Kier alpha value is -1.71. The van der Waals surface area contributed by atoms with Crippen LogP contribution in [0.1, 0.15) is 43.2 Å². The zero-order chi connectivity index (χ0) is 18.7. The van der Waals surface area contributed by atoms with Gasteiger partial charge >= 0.3 is 0 Å². The molecule has 2 aliphatic heterocycles. The lowest BCUT2D eigenvalue weighted by Crippen LogP contribution is -2.42. The average molecular weight is 379 g/mol. The van der Waals surface area contributed by atoms with Gasteiger partial charge in [0.05, 0.1) is 14.7 Å². The second kappa shape index (κ2) is 7.73. The average Bonchev–Trinajstić information content (AvgIpc) is 2.92. The summed E-state index contributed by atoms with van der Waals surface area (Å²) in [5, 5.41) is 1.63.